The second kappa shape index (κ2) is 10.1. The normalized spacial score (nSPS) is 10.5. The van der Waals surface area contributed by atoms with Crippen LogP contribution in [-0.2, 0) is 13.2 Å². The fourth-order valence-corrected chi connectivity index (χ4v) is 3.51. The van der Waals surface area contributed by atoms with Crippen LogP contribution in [0, 0.1) is 0 Å². The molecule has 8 heteroatoms. The van der Waals surface area contributed by atoms with E-state index in [9.17, 15) is 9.90 Å². The maximum Gasteiger partial charge on any atom is 0.337 e. The molecule has 0 aliphatic heterocycles. The second-order valence-corrected chi connectivity index (χ2v) is 8.06. The molecule has 0 aliphatic carbocycles. The molecule has 156 valence electrons. The summed E-state index contributed by atoms with van der Waals surface area (Å²) in [6.07, 6.45) is 0. The predicted octanol–water partition coefficient (Wildman–Crippen LogP) is 6.65. The zero-order chi connectivity index (χ0) is 21.7. The lowest BCUT2D eigenvalue weighted by Gasteiger charge is -2.15. The van der Waals surface area contributed by atoms with E-state index in [1.807, 2.05) is 36.4 Å². The van der Waals surface area contributed by atoms with Gasteiger partial charge in [0.25, 0.3) is 0 Å². The Morgan fingerprint density at radius 1 is 1.07 bits per heavy atom. The molecule has 0 aromatic heterocycles. The lowest BCUT2D eigenvalue weighted by Crippen LogP contribution is -2.04. The van der Waals surface area contributed by atoms with E-state index >= 15 is 0 Å². The van der Waals surface area contributed by atoms with Crippen molar-refractivity contribution in [1.82, 2.24) is 0 Å². The highest BCUT2D eigenvalue weighted by Crippen LogP contribution is 2.34. The van der Waals surface area contributed by atoms with Gasteiger partial charge in [-0.15, -0.1) is 0 Å². The molecule has 2 N–H and O–H groups in total. The van der Waals surface area contributed by atoms with Gasteiger partial charge < -0.3 is 19.9 Å². The quantitative estimate of drug-likeness (QED) is 0.355. The van der Waals surface area contributed by atoms with Crippen molar-refractivity contribution in [2.45, 2.75) is 13.2 Å². The van der Waals surface area contributed by atoms with Crippen LogP contribution in [0.25, 0.3) is 0 Å². The van der Waals surface area contributed by atoms with E-state index in [1.165, 1.54) is 6.07 Å². The van der Waals surface area contributed by atoms with Crippen molar-refractivity contribution in [3.8, 4) is 11.5 Å². The molecule has 3 aromatic carbocycles. The number of carboxylic acid groups (broad SMARTS) is 1. The molecule has 5 nitrogen and oxygen atoms in total. The number of carbonyl (C=O) groups is 1. The van der Waals surface area contributed by atoms with Crippen molar-refractivity contribution in [3.05, 3.63) is 85.8 Å². The minimum Gasteiger partial charge on any atom is -0.493 e. The number of halogens is 3. The molecule has 0 saturated heterocycles. The van der Waals surface area contributed by atoms with Crippen molar-refractivity contribution in [2.75, 3.05) is 12.4 Å². The van der Waals surface area contributed by atoms with Crippen LogP contribution in [-0.4, -0.2) is 18.2 Å². The Balaban J connectivity index is 1.72. The summed E-state index contributed by atoms with van der Waals surface area (Å²) in [5, 5.41) is 13.3. The molecule has 0 bridgehead atoms. The van der Waals surface area contributed by atoms with Crippen LogP contribution in [0.4, 0.5) is 5.69 Å². The maximum atomic E-state index is 11.2. The highest BCUT2D eigenvalue weighted by atomic mass is 79.9. The van der Waals surface area contributed by atoms with Gasteiger partial charge in [-0.05, 0) is 53.6 Å². The van der Waals surface area contributed by atoms with Gasteiger partial charge in [-0.3, -0.25) is 0 Å². The largest absolute Gasteiger partial charge is 0.493 e. The number of nitrogens with one attached hydrogen (secondary N) is 1. The number of anilines is 1. The highest BCUT2D eigenvalue weighted by Gasteiger charge is 2.12. The van der Waals surface area contributed by atoms with Gasteiger partial charge in [0.15, 0.2) is 11.5 Å². The number of rotatable bonds is 8. The third-order valence-electron chi connectivity index (χ3n) is 4.32. The zero-order valence-electron chi connectivity index (χ0n) is 15.9. The first-order chi connectivity index (χ1) is 14.4. The summed E-state index contributed by atoms with van der Waals surface area (Å²) >= 11 is 15.4. The molecular formula is C22H18BrCl2NO4. The standard InChI is InChI=1S/C22H18BrCl2NO4/c1-29-20-8-14(11-26-16-6-7-19(25)17(9-16)22(27)28)18(23)10-21(20)30-12-13-2-4-15(24)5-3-13/h2-10,26H,11-12H2,1H3,(H,27,28). The van der Waals surface area contributed by atoms with Crippen molar-refractivity contribution < 1.29 is 19.4 Å². The topological polar surface area (TPSA) is 67.8 Å². The molecule has 30 heavy (non-hydrogen) atoms. The zero-order valence-corrected chi connectivity index (χ0v) is 19.0. The van der Waals surface area contributed by atoms with Crippen LogP contribution >= 0.6 is 39.1 Å². The van der Waals surface area contributed by atoms with E-state index in [4.69, 9.17) is 32.7 Å². The fourth-order valence-electron chi connectivity index (χ4n) is 2.72. The molecule has 3 rings (SSSR count). The summed E-state index contributed by atoms with van der Waals surface area (Å²) < 4.78 is 12.2. The van der Waals surface area contributed by atoms with Crippen molar-refractivity contribution >= 4 is 50.8 Å². The molecular weight excluding hydrogens is 493 g/mol. The van der Waals surface area contributed by atoms with Crippen LogP contribution in [0.3, 0.4) is 0 Å². The maximum absolute atomic E-state index is 11.2. The molecule has 0 amide bonds. The van der Waals surface area contributed by atoms with E-state index < -0.39 is 5.97 Å². The average molecular weight is 511 g/mol. The SMILES string of the molecule is COc1cc(CNc2ccc(Cl)c(C(=O)O)c2)c(Br)cc1OCc1ccc(Cl)cc1. The Hall–Kier alpha value is -2.41. The van der Waals surface area contributed by atoms with Gasteiger partial charge in [0, 0.05) is 21.7 Å². The summed E-state index contributed by atoms with van der Waals surface area (Å²) in [6, 6.07) is 15.9. The highest BCUT2D eigenvalue weighted by molar-refractivity contribution is 9.10. The Labute approximate surface area is 192 Å². The van der Waals surface area contributed by atoms with Crippen molar-refractivity contribution in [2.24, 2.45) is 0 Å². The van der Waals surface area contributed by atoms with Crippen LogP contribution in [0.2, 0.25) is 10.0 Å². The second-order valence-electron chi connectivity index (χ2n) is 6.36. The third kappa shape index (κ3) is 5.59. The molecule has 0 spiro atoms. The Morgan fingerprint density at radius 2 is 1.80 bits per heavy atom. The average Bonchev–Trinajstić information content (AvgIpc) is 2.73. The molecule has 0 atom stereocenters. The Morgan fingerprint density at radius 3 is 2.47 bits per heavy atom. The lowest BCUT2D eigenvalue weighted by molar-refractivity contribution is 0.0697. The smallest absolute Gasteiger partial charge is 0.337 e. The van der Waals surface area contributed by atoms with E-state index in [-0.39, 0.29) is 10.6 Å². The molecule has 3 aromatic rings. The first-order valence-corrected chi connectivity index (χ1v) is 10.4. The van der Waals surface area contributed by atoms with Gasteiger partial charge in [0.05, 0.1) is 17.7 Å². The van der Waals surface area contributed by atoms with Crippen LogP contribution in [0.5, 0.6) is 11.5 Å². The van der Waals surface area contributed by atoms with Gasteiger partial charge in [0.1, 0.15) is 6.61 Å². The molecule has 0 unspecified atom stereocenters. The van der Waals surface area contributed by atoms with E-state index in [1.54, 1.807) is 19.2 Å². The number of benzene rings is 3. The molecule has 0 saturated carbocycles. The summed E-state index contributed by atoms with van der Waals surface area (Å²) in [5.41, 5.74) is 2.59. The molecule has 0 heterocycles. The number of methoxy groups -OCH3 is 1. The Bertz CT molecular complexity index is 1060. The molecule has 0 fully saturated rings. The van der Waals surface area contributed by atoms with Gasteiger partial charge in [0.2, 0.25) is 0 Å². The van der Waals surface area contributed by atoms with Gasteiger partial charge in [-0.1, -0.05) is 51.3 Å². The number of hydrogen-bond acceptors (Lipinski definition) is 4. The minimum atomic E-state index is -1.08. The molecule has 0 radical (unpaired) electrons. The summed E-state index contributed by atoms with van der Waals surface area (Å²) in [5.74, 6) is 0.114. The van der Waals surface area contributed by atoms with E-state index in [0.717, 1.165) is 15.6 Å². The number of hydrogen-bond donors (Lipinski definition) is 2. The lowest BCUT2D eigenvalue weighted by atomic mass is 10.1. The van der Waals surface area contributed by atoms with E-state index in [0.29, 0.717) is 35.4 Å². The summed E-state index contributed by atoms with van der Waals surface area (Å²) in [6.45, 7) is 0.815. The minimum absolute atomic E-state index is 0.0456. The first-order valence-electron chi connectivity index (χ1n) is 8.87. The molecule has 0 aliphatic rings. The van der Waals surface area contributed by atoms with Crippen molar-refractivity contribution in [3.63, 3.8) is 0 Å². The summed E-state index contributed by atoms with van der Waals surface area (Å²) in [7, 11) is 1.58. The number of ether oxygens (including phenoxy) is 2. The monoisotopic (exact) mass is 509 g/mol. The van der Waals surface area contributed by atoms with Gasteiger partial charge >= 0.3 is 5.97 Å². The van der Waals surface area contributed by atoms with E-state index in [2.05, 4.69) is 21.2 Å². The predicted molar refractivity (Wildman–Crippen MR) is 122 cm³/mol. The number of aromatic carboxylic acids is 1. The fraction of sp³-hybridized carbons (Fsp3) is 0.136. The van der Waals surface area contributed by atoms with Crippen LogP contribution in [0.15, 0.2) is 59.1 Å². The Kier molecular flexibility index (Phi) is 7.48. The third-order valence-corrected chi connectivity index (χ3v) is 5.64. The number of carboxylic acids is 1. The van der Waals surface area contributed by atoms with Crippen molar-refractivity contribution in [1.29, 1.82) is 0 Å². The van der Waals surface area contributed by atoms with Crippen LogP contribution < -0.4 is 14.8 Å². The summed E-state index contributed by atoms with van der Waals surface area (Å²) in [4.78, 5) is 11.2. The first kappa shape index (κ1) is 22.3. The van der Waals surface area contributed by atoms with Gasteiger partial charge in [-0.2, -0.15) is 0 Å². The van der Waals surface area contributed by atoms with Crippen LogP contribution in [0.1, 0.15) is 21.5 Å². The van der Waals surface area contributed by atoms with Gasteiger partial charge in [-0.25, -0.2) is 4.79 Å².